The van der Waals surface area contributed by atoms with Crippen LogP contribution in [0.1, 0.15) is 43.9 Å². The highest BCUT2D eigenvalue weighted by Gasteiger charge is 2.40. The fourth-order valence-electron chi connectivity index (χ4n) is 5.02. The molecular weight excluding hydrogens is 643 g/mol. The van der Waals surface area contributed by atoms with Crippen LogP contribution < -0.4 is 28.1 Å². The van der Waals surface area contributed by atoms with E-state index in [-0.39, 0.29) is 17.9 Å². The van der Waals surface area contributed by atoms with Crippen LogP contribution in [0.15, 0.2) is 30.3 Å². The molecule has 1 aliphatic carbocycles. The van der Waals surface area contributed by atoms with Gasteiger partial charge in [-0.25, -0.2) is 13.2 Å². The molecule has 0 N–H and O–H groups in total. The van der Waals surface area contributed by atoms with E-state index in [1.54, 1.807) is 24.3 Å². The molecule has 47 heavy (non-hydrogen) atoms. The number of carbonyl (C=O) groups is 1. The number of benzene rings is 3. The minimum absolute atomic E-state index is 0.0139. The van der Waals surface area contributed by atoms with E-state index in [1.807, 2.05) is 0 Å². The highest BCUT2D eigenvalue weighted by Crippen LogP contribution is 2.48. The average molecular weight is 681 g/mol. The number of hydrogen-bond donors (Lipinski definition) is 0. The zero-order chi connectivity index (χ0) is 35.0. The van der Waals surface area contributed by atoms with Crippen LogP contribution in [0.4, 0.5) is 22.0 Å². The molecule has 3 aromatic rings. The van der Waals surface area contributed by atoms with E-state index in [9.17, 15) is 26.7 Å². The largest absolute Gasteiger partial charge is 0.541 e. The van der Waals surface area contributed by atoms with Gasteiger partial charge in [-0.3, -0.25) is 4.79 Å². The number of esters is 1. The fraction of sp³-hybridized carbons (Fsp3) is 0.382. The van der Waals surface area contributed by atoms with Crippen molar-refractivity contribution in [2.24, 2.45) is 5.92 Å². The maximum absolute atomic E-state index is 14.5. The molecule has 0 fully saturated rings. The molecule has 3 aromatic carbocycles. The average Bonchev–Trinajstić information content (AvgIpc) is 3.22. The molecule has 254 valence electrons. The Bertz CT molecular complexity index is 1700. The monoisotopic (exact) mass is 680 g/mol. The van der Waals surface area contributed by atoms with Gasteiger partial charge in [-0.2, -0.15) is 8.78 Å². The van der Waals surface area contributed by atoms with Gasteiger partial charge in [0.15, 0.2) is 17.2 Å². The Kier molecular flexibility index (Phi) is 10.2. The zero-order valence-electron chi connectivity index (χ0n) is 27.6. The molecule has 0 radical (unpaired) electrons. The van der Waals surface area contributed by atoms with Crippen LogP contribution in [-0.4, -0.2) is 42.7 Å². The summed E-state index contributed by atoms with van der Waals surface area (Å²) in [6, 6.07) is 6.92. The van der Waals surface area contributed by atoms with E-state index in [4.69, 9.17) is 28.1 Å². The van der Waals surface area contributed by atoms with Gasteiger partial charge in [-0.05, 0) is 65.9 Å². The van der Waals surface area contributed by atoms with E-state index in [1.165, 1.54) is 34.5 Å². The number of halogens is 5. The molecule has 1 atom stereocenters. The second kappa shape index (κ2) is 13.5. The first kappa shape index (κ1) is 35.6. The third-order valence-corrected chi connectivity index (χ3v) is 13.0. The fourth-order valence-corrected chi connectivity index (χ4v) is 6.03. The molecule has 0 saturated carbocycles. The summed E-state index contributed by atoms with van der Waals surface area (Å²) in [6.07, 6.45) is 1.70. The van der Waals surface area contributed by atoms with Crippen molar-refractivity contribution in [3.05, 3.63) is 76.1 Å². The molecule has 1 unspecified atom stereocenters. The summed E-state index contributed by atoms with van der Waals surface area (Å²) in [5.41, 5.74) is 2.21. The second-order valence-corrected chi connectivity index (χ2v) is 17.2. The van der Waals surface area contributed by atoms with Gasteiger partial charge in [0.2, 0.25) is 40.6 Å². The minimum atomic E-state index is -2.38. The molecule has 0 aliphatic heterocycles. The van der Waals surface area contributed by atoms with Gasteiger partial charge in [0.1, 0.15) is 5.75 Å². The lowest BCUT2D eigenvalue weighted by Crippen LogP contribution is -2.43. The Morgan fingerprint density at radius 1 is 0.745 bits per heavy atom. The number of ether oxygens (including phenoxy) is 5. The third kappa shape index (κ3) is 6.63. The van der Waals surface area contributed by atoms with Crippen LogP contribution in [0.25, 0.3) is 5.57 Å². The number of hydrogen-bond acceptors (Lipinski definition) is 7. The molecule has 0 aromatic heterocycles. The molecule has 0 amide bonds. The molecule has 0 bridgehead atoms. The van der Waals surface area contributed by atoms with E-state index < -0.39 is 55.0 Å². The van der Waals surface area contributed by atoms with Gasteiger partial charge in [0, 0.05) is 5.56 Å². The SMILES string of the molecule is COc1ccc(C2=CC(C(=O)Oc3c(F)c(F)c(F)c(F)c3F)CCc3c2cc(OC)c(OC)c3OC)cc1O[Si](C)(C)C(C)(C)C. The van der Waals surface area contributed by atoms with Crippen molar-refractivity contribution < 1.29 is 54.9 Å². The van der Waals surface area contributed by atoms with Gasteiger partial charge in [0.25, 0.3) is 8.32 Å². The summed E-state index contributed by atoms with van der Waals surface area (Å²) in [5.74, 6) is -13.6. The zero-order valence-corrected chi connectivity index (χ0v) is 28.6. The van der Waals surface area contributed by atoms with Gasteiger partial charge < -0.3 is 28.1 Å². The van der Waals surface area contributed by atoms with Crippen molar-refractivity contribution in [3.63, 3.8) is 0 Å². The Hall–Kier alpha value is -4.26. The van der Waals surface area contributed by atoms with Crippen molar-refractivity contribution in [1.29, 1.82) is 0 Å². The normalized spacial score (nSPS) is 14.9. The predicted octanol–water partition coefficient (Wildman–Crippen LogP) is 8.40. The highest BCUT2D eigenvalue weighted by molar-refractivity contribution is 6.74. The first-order valence-electron chi connectivity index (χ1n) is 14.7. The highest BCUT2D eigenvalue weighted by atomic mass is 28.4. The maximum atomic E-state index is 14.5. The number of rotatable bonds is 9. The first-order valence-corrected chi connectivity index (χ1v) is 17.6. The molecule has 1 aliphatic rings. The lowest BCUT2D eigenvalue weighted by molar-refractivity contribution is -0.138. The smallest absolute Gasteiger partial charge is 0.318 e. The summed E-state index contributed by atoms with van der Waals surface area (Å²) in [4.78, 5) is 13.5. The van der Waals surface area contributed by atoms with Crippen LogP contribution in [0.2, 0.25) is 18.1 Å². The Morgan fingerprint density at radius 3 is 1.85 bits per heavy atom. The van der Waals surface area contributed by atoms with E-state index in [2.05, 4.69) is 33.9 Å². The quantitative estimate of drug-likeness (QED) is 0.0562. The minimum Gasteiger partial charge on any atom is -0.541 e. The van der Waals surface area contributed by atoms with Crippen LogP contribution in [0.5, 0.6) is 34.5 Å². The van der Waals surface area contributed by atoms with Gasteiger partial charge in [-0.15, -0.1) is 0 Å². The van der Waals surface area contributed by atoms with Crippen LogP contribution in [-0.2, 0) is 11.2 Å². The Balaban J connectivity index is 1.93. The first-order chi connectivity index (χ1) is 22.0. The Labute approximate surface area is 271 Å². The molecule has 0 heterocycles. The van der Waals surface area contributed by atoms with E-state index in [0.717, 1.165) is 0 Å². The van der Waals surface area contributed by atoms with Gasteiger partial charge in [0.05, 0.1) is 34.4 Å². The van der Waals surface area contributed by atoms with Crippen molar-refractivity contribution in [1.82, 2.24) is 0 Å². The van der Waals surface area contributed by atoms with E-state index >= 15 is 0 Å². The molecule has 7 nitrogen and oxygen atoms in total. The van der Waals surface area contributed by atoms with Gasteiger partial charge in [-0.1, -0.05) is 32.9 Å². The summed E-state index contributed by atoms with van der Waals surface area (Å²) in [5, 5.41) is -0.155. The van der Waals surface area contributed by atoms with Crippen molar-refractivity contribution in [3.8, 4) is 34.5 Å². The lowest BCUT2D eigenvalue weighted by Gasteiger charge is -2.37. The summed E-state index contributed by atoms with van der Waals surface area (Å²) in [6.45, 7) is 10.4. The van der Waals surface area contributed by atoms with Crippen LogP contribution >= 0.6 is 0 Å². The van der Waals surface area contributed by atoms with Crippen LogP contribution in [0.3, 0.4) is 0 Å². The second-order valence-electron chi connectivity index (χ2n) is 12.4. The Morgan fingerprint density at radius 2 is 1.32 bits per heavy atom. The van der Waals surface area contributed by atoms with Crippen molar-refractivity contribution in [2.45, 2.75) is 51.7 Å². The standard InChI is InChI=1S/C34H37F5O7Si/c1-34(2,3)47(8,9)46-23-15-17(11-13-22(23)41-4)20-14-18(33(40)45-32-28(38)26(36)25(35)27(37)29(32)39)10-12-19-21(20)16-24(42-5)31(44-7)30(19)43-6/h11,13-16,18H,10,12H2,1-9H3. The predicted molar refractivity (Wildman–Crippen MR) is 168 cm³/mol. The molecule has 13 heteroatoms. The summed E-state index contributed by atoms with van der Waals surface area (Å²) >= 11 is 0. The molecule has 0 spiro atoms. The molecule has 0 saturated heterocycles. The molecular formula is C34H37F5O7Si. The summed E-state index contributed by atoms with van der Waals surface area (Å²) < 4.78 is 104. The number of methoxy groups -OCH3 is 4. The van der Waals surface area contributed by atoms with Crippen LogP contribution in [0, 0.1) is 35.0 Å². The van der Waals surface area contributed by atoms with E-state index in [0.29, 0.717) is 51.0 Å². The number of carbonyl (C=O) groups excluding carboxylic acids is 1. The topological polar surface area (TPSA) is 72.5 Å². The third-order valence-electron chi connectivity index (χ3n) is 8.62. The maximum Gasteiger partial charge on any atom is 0.318 e. The van der Waals surface area contributed by atoms with Crippen molar-refractivity contribution in [2.75, 3.05) is 28.4 Å². The number of fused-ring (bicyclic) bond motifs is 1. The molecule has 4 rings (SSSR count). The lowest BCUT2D eigenvalue weighted by atomic mass is 9.92. The van der Waals surface area contributed by atoms with Crippen molar-refractivity contribution >= 4 is 19.9 Å². The summed E-state index contributed by atoms with van der Waals surface area (Å²) in [7, 11) is 3.48. The van der Waals surface area contributed by atoms with Gasteiger partial charge >= 0.3 is 5.97 Å².